The van der Waals surface area contributed by atoms with Crippen molar-refractivity contribution in [3.63, 3.8) is 0 Å². The van der Waals surface area contributed by atoms with Gasteiger partial charge in [0.25, 0.3) is 0 Å². The number of likely N-dealkylation sites (tertiary alicyclic amines) is 1. The third-order valence-corrected chi connectivity index (χ3v) is 8.10. The number of thioether (sulfide) groups is 1. The molecule has 0 atom stereocenters. The van der Waals surface area contributed by atoms with E-state index in [4.69, 9.17) is 0 Å². The van der Waals surface area contributed by atoms with Crippen LogP contribution in [0.25, 0.3) is 11.1 Å². The largest absolute Gasteiger partial charge is 0.303 e. The number of hydrogen-bond acceptors (Lipinski definition) is 2. The molecule has 1 aliphatic heterocycles. The lowest BCUT2D eigenvalue weighted by atomic mass is 9.86. The first-order valence-electron chi connectivity index (χ1n) is 12.7. The lowest BCUT2D eigenvalue weighted by Gasteiger charge is -2.39. The number of nitrogens with zero attached hydrogens (tertiary/aromatic N) is 1. The van der Waals surface area contributed by atoms with E-state index < -0.39 is 0 Å². The summed E-state index contributed by atoms with van der Waals surface area (Å²) < 4.78 is 27.7. The normalized spacial score (nSPS) is 16.7. The molecule has 3 aromatic carbocycles. The van der Waals surface area contributed by atoms with Crippen LogP contribution in [0.1, 0.15) is 47.1 Å². The Kier molecular flexibility index (Phi) is 7.69. The smallest absolute Gasteiger partial charge is 0.131 e. The molecule has 3 aromatic rings. The first kappa shape index (κ1) is 24.3. The Morgan fingerprint density at radius 1 is 0.943 bits per heavy atom. The van der Waals surface area contributed by atoms with Gasteiger partial charge >= 0.3 is 0 Å². The summed E-state index contributed by atoms with van der Waals surface area (Å²) in [6.07, 6.45) is 6.55. The van der Waals surface area contributed by atoms with Crippen LogP contribution in [0.4, 0.5) is 8.78 Å². The number of hydrogen-bond donors (Lipinski definition) is 0. The fourth-order valence-corrected chi connectivity index (χ4v) is 6.03. The zero-order valence-electron chi connectivity index (χ0n) is 20.4. The third kappa shape index (κ3) is 5.39. The van der Waals surface area contributed by atoms with E-state index in [1.165, 1.54) is 22.3 Å². The Bertz CT molecular complexity index is 1190. The van der Waals surface area contributed by atoms with Crippen molar-refractivity contribution < 1.29 is 8.78 Å². The van der Waals surface area contributed by atoms with Crippen LogP contribution in [0.2, 0.25) is 0 Å². The summed E-state index contributed by atoms with van der Waals surface area (Å²) in [5, 5.41) is 0. The van der Waals surface area contributed by atoms with Crippen LogP contribution in [0.5, 0.6) is 0 Å². The molecule has 1 fully saturated rings. The zero-order valence-corrected chi connectivity index (χ0v) is 21.2. The highest BCUT2D eigenvalue weighted by Gasteiger charge is 2.26. The van der Waals surface area contributed by atoms with Crippen molar-refractivity contribution in [1.82, 2.24) is 4.90 Å². The fourth-order valence-electron chi connectivity index (χ4n) is 5.60. The van der Waals surface area contributed by atoms with Gasteiger partial charge in [-0.25, -0.2) is 4.39 Å². The van der Waals surface area contributed by atoms with Gasteiger partial charge in [0, 0.05) is 30.1 Å². The van der Waals surface area contributed by atoms with Crippen LogP contribution < -0.4 is 0 Å². The van der Waals surface area contributed by atoms with E-state index >= 15 is 4.39 Å². The summed E-state index contributed by atoms with van der Waals surface area (Å²) in [5.74, 6) is 0.514. The fraction of sp³-hybridized carbons (Fsp3) is 0.355. The molecular formula is C31H33F2NS. The van der Waals surface area contributed by atoms with Crippen LogP contribution in [0.3, 0.4) is 0 Å². The molecule has 182 valence electrons. The monoisotopic (exact) mass is 489 g/mol. The highest BCUT2D eigenvalue weighted by Crippen LogP contribution is 2.41. The van der Waals surface area contributed by atoms with Gasteiger partial charge in [0.1, 0.15) is 5.82 Å². The minimum Gasteiger partial charge on any atom is -0.303 e. The Balaban J connectivity index is 1.47. The maximum atomic E-state index is 15.3. The zero-order chi connectivity index (χ0) is 24.2. The van der Waals surface area contributed by atoms with Gasteiger partial charge in [0.2, 0.25) is 0 Å². The second kappa shape index (κ2) is 11.1. The molecule has 0 spiro atoms. The van der Waals surface area contributed by atoms with Crippen LogP contribution in [0.15, 0.2) is 71.6 Å². The van der Waals surface area contributed by atoms with E-state index in [9.17, 15) is 4.39 Å². The second-order valence-corrected chi connectivity index (χ2v) is 10.7. The number of rotatable bonds is 8. The van der Waals surface area contributed by atoms with Gasteiger partial charge in [0.15, 0.2) is 0 Å². The van der Waals surface area contributed by atoms with E-state index in [-0.39, 0.29) is 12.5 Å². The molecule has 1 aliphatic carbocycles. The molecule has 0 amide bonds. The summed E-state index contributed by atoms with van der Waals surface area (Å²) >= 11 is 1.57. The SMILES string of the molecule is CSc1ccc(C2=C(c3ccc(CC4CN(CCCF)C4)cc3)c3ccccc3CCC2)c(F)c1. The first-order valence-corrected chi connectivity index (χ1v) is 13.9. The molecule has 35 heavy (non-hydrogen) atoms. The van der Waals surface area contributed by atoms with Crippen molar-refractivity contribution in [3.05, 3.63) is 100 Å². The molecule has 0 aromatic heterocycles. The van der Waals surface area contributed by atoms with E-state index in [2.05, 4.69) is 53.4 Å². The summed E-state index contributed by atoms with van der Waals surface area (Å²) in [6.45, 7) is 2.78. The number of benzene rings is 3. The molecule has 1 saturated heterocycles. The first-order chi connectivity index (χ1) is 17.2. The maximum absolute atomic E-state index is 15.3. The average Bonchev–Trinajstić information content (AvgIpc) is 3.05. The van der Waals surface area contributed by atoms with Gasteiger partial charge < -0.3 is 4.90 Å². The Labute approximate surface area is 212 Å². The number of alkyl halides is 1. The molecular weight excluding hydrogens is 456 g/mol. The van der Waals surface area contributed by atoms with Gasteiger partial charge in [0.05, 0.1) is 6.67 Å². The Hall–Kier alpha value is -2.43. The van der Waals surface area contributed by atoms with Crippen molar-refractivity contribution in [1.29, 1.82) is 0 Å². The van der Waals surface area contributed by atoms with Crippen LogP contribution >= 0.6 is 11.8 Å². The molecule has 1 nitrogen and oxygen atoms in total. The number of allylic oxidation sites excluding steroid dienone is 1. The van der Waals surface area contributed by atoms with Crippen LogP contribution in [-0.4, -0.2) is 37.5 Å². The van der Waals surface area contributed by atoms with E-state index in [1.807, 2.05) is 18.4 Å². The summed E-state index contributed by atoms with van der Waals surface area (Å²) in [7, 11) is 0. The molecule has 0 radical (unpaired) electrons. The molecule has 4 heteroatoms. The van der Waals surface area contributed by atoms with Crippen LogP contribution in [0, 0.1) is 11.7 Å². The minimum absolute atomic E-state index is 0.136. The third-order valence-electron chi connectivity index (χ3n) is 7.37. The highest BCUT2D eigenvalue weighted by atomic mass is 32.2. The van der Waals surface area contributed by atoms with Gasteiger partial charge in [-0.2, -0.15) is 0 Å². The standard InChI is InChI=1S/C31H33F2NS/c1-35-26-14-15-28(30(33)19-26)29-9-4-7-24-6-2-3-8-27(24)31(29)25-12-10-22(11-13-25)18-23-20-34(21-23)17-5-16-32/h2-3,6,8,10-15,19,23H,4-5,7,9,16-18,20-21H2,1H3. The number of aryl methyl sites for hydroxylation is 1. The molecule has 2 aliphatic rings. The minimum atomic E-state index is -0.227. The van der Waals surface area contributed by atoms with E-state index in [0.29, 0.717) is 12.3 Å². The predicted molar refractivity (Wildman–Crippen MR) is 144 cm³/mol. The maximum Gasteiger partial charge on any atom is 0.131 e. The average molecular weight is 490 g/mol. The predicted octanol–water partition coefficient (Wildman–Crippen LogP) is 7.68. The highest BCUT2D eigenvalue weighted by molar-refractivity contribution is 7.98. The van der Waals surface area contributed by atoms with Crippen LogP contribution in [-0.2, 0) is 12.8 Å². The van der Waals surface area contributed by atoms with Crippen molar-refractivity contribution in [2.45, 2.75) is 37.0 Å². The number of halogens is 2. The summed E-state index contributed by atoms with van der Waals surface area (Å²) in [4.78, 5) is 3.29. The molecule has 0 bridgehead atoms. The van der Waals surface area contributed by atoms with Gasteiger partial charge in [-0.15, -0.1) is 11.8 Å². The molecule has 5 rings (SSSR count). The Morgan fingerprint density at radius 2 is 1.74 bits per heavy atom. The molecule has 1 heterocycles. The lowest BCUT2D eigenvalue weighted by Crippen LogP contribution is -2.47. The van der Waals surface area contributed by atoms with Crippen molar-refractivity contribution in [2.24, 2.45) is 5.92 Å². The second-order valence-electron chi connectivity index (χ2n) is 9.78. The van der Waals surface area contributed by atoms with Gasteiger partial charge in [-0.05, 0) is 89.8 Å². The topological polar surface area (TPSA) is 3.24 Å². The lowest BCUT2D eigenvalue weighted by molar-refractivity contribution is 0.0968. The van der Waals surface area contributed by atoms with Gasteiger partial charge in [-0.3, -0.25) is 4.39 Å². The van der Waals surface area contributed by atoms with E-state index in [0.717, 1.165) is 66.9 Å². The van der Waals surface area contributed by atoms with E-state index in [1.54, 1.807) is 17.8 Å². The number of fused-ring (bicyclic) bond motifs is 1. The van der Waals surface area contributed by atoms with Gasteiger partial charge in [-0.1, -0.05) is 54.6 Å². The molecule has 0 saturated carbocycles. The van der Waals surface area contributed by atoms with Crippen molar-refractivity contribution >= 4 is 22.9 Å². The summed E-state index contributed by atoms with van der Waals surface area (Å²) in [5.41, 5.74) is 8.06. The summed E-state index contributed by atoms with van der Waals surface area (Å²) in [6, 6.07) is 23.2. The molecule has 0 N–H and O–H groups in total. The quantitative estimate of drug-likeness (QED) is 0.299. The Morgan fingerprint density at radius 3 is 2.49 bits per heavy atom. The van der Waals surface area contributed by atoms with Crippen molar-refractivity contribution in [2.75, 3.05) is 32.6 Å². The molecule has 0 unspecified atom stereocenters. The van der Waals surface area contributed by atoms with Crippen molar-refractivity contribution in [3.8, 4) is 0 Å².